The second kappa shape index (κ2) is 9.12. The number of methoxy groups -OCH3 is 1. The zero-order valence-corrected chi connectivity index (χ0v) is 20.4. The summed E-state index contributed by atoms with van der Waals surface area (Å²) in [6.45, 7) is 4.51. The summed E-state index contributed by atoms with van der Waals surface area (Å²) in [6.07, 6.45) is 0. The minimum atomic E-state index is -0.664. The van der Waals surface area contributed by atoms with Crippen LogP contribution in [0.15, 0.2) is 69.9 Å². The summed E-state index contributed by atoms with van der Waals surface area (Å²) < 4.78 is 17.3. The molecule has 35 heavy (non-hydrogen) atoms. The summed E-state index contributed by atoms with van der Waals surface area (Å²) in [5, 5.41) is 0.811. The van der Waals surface area contributed by atoms with Gasteiger partial charge in [0.25, 0.3) is 5.91 Å². The largest absolute Gasteiger partial charge is 0.493 e. The van der Waals surface area contributed by atoms with E-state index >= 15 is 0 Å². The first-order valence-corrected chi connectivity index (χ1v) is 11.7. The van der Waals surface area contributed by atoms with E-state index in [1.54, 1.807) is 30.2 Å². The summed E-state index contributed by atoms with van der Waals surface area (Å²) >= 11 is 6.33. The molecule has 0 saturated heterocycles. The zero-order chi connectivity index (χ0) is 24.7. The van der Waals surface area contributed by atoms with E-state index in [-0.39, 0.29) is 17.1 Å². The van der Waals surface area contributed by atoms with Crippen LogP contribution < -0.4 is 14.9 Å². The Hall–Kier alpha value is -3.77. The van der Waals surface area contributed by atoms with Crippen molar-refractivity contribution in [1.82, 2.24) is 4.90 Å². The van der Waals surface area contributed by atoms with Gasteiger partial charge >= 0.3 is 0 Å². The molecular weight excluding hydrogens is 466 g/mol. The van der Waals surface area contributed by atoms with E-state index < -0.39 is 6.04 Å². The Bertz CT molecular complexity index is 1500. The van der Waals surface area contributed by atoms with Crippen LogP contribution in [0.3, 0.4) is 0 Å². The van der Waals surface area contributed by atoms with E-state index in [0.717, 1.165) is 16.7 Å². The van der Waals surface area contributed by atoms with Crippen LogP contribution in [0.4, 0.5) is 0 Å². The molecule has 0 radical (unpaired) electrons. The molecule has 5 rings (SSSR count). The maximum Gasteiger partial charge on any atom is 0.291 e. The third kappa shape index (κ3) is 3.94. The van der Waals surface area contributed by atoms with Gasteiger partial charge in [0.1, 0.15) is 5.58 Å². The number of rotatable bonds is 6. The van der Waals surface area contributed by atoms with Gasteiger partial charge in [-0.05, 0) is 54.8 Å². The van der Waals surface area contributed by atoms with Crippen LogP contribution >= 0.6 is 11.6 Å². The molecule has 1 atom stereocenters. The molecule has 178 valence electrons. The number of carbonyl (C=O) groups is 1. The summed E-state index contributed by atoms with van der Waals surface area (Å²) in [4.78, 5) is 29.1. The molecule has 7 heteroatoms. The van der Waals surface area contributed by atoms with Gasteiger partial charge in [-0.2, -0.15) is 0 Å². The van der Waals surface area contributed by atoms with Gasteiger partial charge in [-0.1, -0.05) is 48.0 Å². The first-order valence-electron chi connectivity index (χ1n) is 11.4. The van der Waals surface area contributed by atoms with E-state index in [2.05, 4.69) is 0 Å². The second-order valence-corrected chi connectivity index (χ2v) is 8.84. The molecule has 0 bridgehead atoms. The number of ether oxygens (including phenoxy) is 2. The fraction of sp³-hybridized carbons (Fsp3) is 0.214. The molecule has 0 spiro atoms. The normalized spacial score (nSPS) is 14.9. The Morgan fingerprint density at radius 1 is 1.03 bits per heavy atom. The van der Waals surface area contributed by atoms with Gasteiger partial charge in [0.15, 0.2) is 16.9 Å². The number of nitrogens with zero attached hydrogens (tertiary/aromatic N) is 1. The monoisotopic (exact) mass is 489 g/mol. The minimum Gasteiger partial charge on any atom is -0.493 e. The third-order valence-corrected chi connectivity index (χ3v) is 6.65. The minimum absolute atomic E-state index is 0.0537. The standard InChI is InChI=1S/C28H24ClNO5/c1-4-34-21-11-10-18(13-23(21)33-3)25-24-26(31)19-14-20(29)16(2)12-22(19)35-27(24)28(32)30(25)15-17-8-6-5-7-9-17/h5-14,25H,4,15H2,1-3H3. The van der Waals surface area contributed by atoms with Crippen molar-refractivity contribution < 1.29 is 18.7 Å². The van der Waals surface area contributed by atoms with Crippen LogP contribution in [0.2, 0.25) is 5.02 Å². The van der Waals surface area contributed by atoms with Crippen molar-refractivity contribution in [3.8, 4) is 11.5 Å². The van der Waals surface area contributed by atoms with Crippen molar-refractivity contribution >= 4 is 28.5 Å². The van der Waals surface area contributed by atoms with Gasteiger partial charge in [0.05, 0.1) is 30.7 Å². The average Bonchev–Trinajstić information content (AvgIpc) is 3.13. The van der Waals surface area contributed by atoms with Crippen LogP contribution in [-0.2, 0) is 6.54 Å². The molecule has 1 aliphatic rings. The lowest BCUT2D eigenvalue weighted by Gasteiger charge is -2.26. The number of aryl methyl sites for hydroxylation is 1. The van der Waals surface area contributed by atoms with Crippen molar-refractivity contribution in [3.05, 3.63) is 104 Å². The Morgan fingerprint density at radius 3 is 2.51 bits per heavy atom. The first kappa shape index (κ1) is 23.0. The van der Waals surface area contributed by atoms with Gasteiger partial charge in [0.2, 0.25) is 5.76 Å². The van der Waals surface area contributed by atoms with Gasteiger partial charge < -0.3 is 18.8 Å². The summed E-state index contributed by atoms with van der Waals surface area (Å²) in [5.74, 6) is 0.825. The second-order valence-electron chi connectivity index (χ2n) is 8.44. The summed E-state index contributed by atoms with van der Waals surface area (Å²) in [5.41, 5.74) is 2.79. The zero-order valence-electron chi connectivity index (χ0n) is 19.6. The molecule has 4 aromatic rings. The molecule has 1 aromatic heterocycles. The van der Waals surface area contributed by atoms with Crippen molar-refractivity contribution in [3.63, 3.8) is 0 Å². The predicted octanol–water partition coefficient (Wildman–Crippen LogP) is 5.91. The predicted molar refractivity (Wildman–Crippen MR) is 135 cm³/mol. The highest BCUT2D eigenvalue weighted by Crippen LogP contribution is 2.42. The lowest BCUT2D eigenvalue weighted by atomic mass is 9.97. The highest BCUT2D eigenvalue weighted by atomic mass is 35.5. The molecule has 1 aliphatic heterocycles. The van der Waals surface area contributed by atoms with Crippen molar-refractivity contribution in [2.45, 2.75) is 26.4 Å². The van der Waals surface area contributed by atoms with Crippen LogP contribution in [0.5, 0.6) is 11.5 Å². The number of amides is 1. The smallest absolute Gasteiger partial charge is 0.291 e. The van der Waals surface area contributed by atoms with Gasteiger partial charge in [-0.25, -0.2) is 0 Å². The van der Waals surface area contributed by atoms with E-state index in [9.17, 15) is 9.59 Å². The van der Waals surface area contributed by atoms with E-state index in [4.69, 9.17) is 25.5 Å². The molecule has 6 nitrogen and oxygen atoms in total. The SMILES string of the molecule is CCOc1ccc(C2c3c(oc4cc(C)c(Cl)cc4c3=O)C(=O)N2Cc2ccccc2)cc1OC. The first-order chi connectivity index (χ1) is 16.9. The summed E-state index contributed by atoms with van der Waals surface area (Å²) in [7, 11) is 1.56. The van der Waals surface area contributed by atoms with E-state index in [0.29, 0.717) is 46.2 Å². The molecule has 0 fully saturated rings. The average molecular weight is 490 g/mol. The van der Waals surface area contributed by atoms with Gasteiger partial charge in [-0.3, -0.25) is 9.59 Å². The fourth-order valence-corrected chi connectivity index (χ4v) is 4.72. The number of benzene rings is 3. The maximum atomic E-state index is 13.8. The molecule has 3 aromatic carbocycles. The fourth-order valence-electron chi connectivity index (χ4n) is 4.56. The lowest BCUT2D eigenvalue weighted by molar-refractivity contribution is 0.0714. The van der Waals surface area contributed by atoms with Crippen molar-refractivity contribution in [2.75, 3.05) is 13.7 Å². The number of halogens is 1. The Morgan fingerprint density at radius 2 is 1.80 bits per heavy atom. The van der Waals surface area contributed by atoms with Crippen LogP contribution in [0.1, 0.15) is 45.8 Å². The lowest BCUT2D eigenvalue weighted by Crippen LogP contribution is -2.29. The van der Waals surface area contributed by atoms with Crippen molar-refractivity contribution in [1.29, 1.82) is 0 Å². The number of carbonyl (C=O) groups excluding carboxylic acids is 1. The van der Waals surface area contributed by atoms with Crippen LogP contribution in [0, 0.1) is 6.92 Å². The Kier molecular flexibility index (Phi) is 5.99. The topological polar surface area (TPSA) is 69.0 Å². The highest BCUT2D eigenvalue weighted by Gasteiger charge is 2.43. The Balaban J connectivity index is 1.73. The molecule has 1 unspecified atom stereocenters. The number of fused-ring (bicyclic) bond motifs is 2. The summed E-state index contributed by atoms with van der Waals surface area (Å²) in [6, 6.07) is 17.7. The third-order valence-electron chi connectivity index (χ3n) is 6.25. The van der Waals surface area contributed by atoms with Gasteiger partial charge in [-0.15, -0.1) is 0 Å². The van der Waals surface area contributed by atoms with E-state index in [1.165, 1.54) is 0 Å². The van der Waals surface area contributed by atoms with E-state index in [1.807, 2.05) is 56.3 Å². The molecular formula is C28H24ClNO5. The number of hydrogen-bond acceptors (Lipinski definition) is 5. The van der Waals surface area contributed by atoms with Gasteiger partial charge in [0, 0.05) is 11.6 Å². The highest BCUT2D eigenvalue weighted by molar-refractivity contribution is 6.32. The van der Waals surface area contributed by atoms with Crippen molar-refractivity contribution in [2.24, 2.45) is 0 Å². The molecule has 0 saturated carbocycles. The molecule has 1 amide bonds. The Labute approximate surface area is 207 Å². The molecule has 2 heterocycles. The molecule has 0 aliphatic carbocycles. The molecule has 0 N–H and O–H groups in total. The maximum absolute atomic E-state index is 13.8. The number of hydrogen-bond donors (Lipinski definition) is 0. The quantitative estimate of drug-likeness (QED) is 0.337. The van der Waals surface area contributed by atoms with Crippen LogP contribution in [0.25, 0.3) is 11.0 Å². The van der Waals surface area contributed by atoms with Crippen LogP contribution in [-0.4, -0.2) is 24.5 Å².